The summed E-state index contributed by atoms with van der Waals surface area (Å²) in [6.45, 7) is 2.42. The number of carbonyl (C=O) groups excluding carboxylic acids is 3. The molecule has 0 N–H and O–H groups in total. The van der Waals surface area contributed by atoms with E-state index in [9.17, 15) is 18.8 Å². The lowest BCUT2D eigenvalue weighted by atomic mass is 9.96. The molecule has 0 spiro atoms. The minimum Gasteiger partial charge on any atom is -0.454 e. The lowest BCUT2D eigenvalue weighted by Crippen LogP contribution is -2.40. The fourth-order valence-electron chi connectivity index (χ4n) is 3.35. The van der Waals surface area contributed by atoms with Crippen LogP contribution in [0.5, 0.6) is 0 Å². The zero-order valence-electron chi connectivity index (χ0n) is 16.8. The van der Waals surface area contributed by atoms with Gasteiger partial charge in [0.05, 0.1) is 5.92 Å². The Balaban J connectivity index is 1.47. The second kappa shape index (κ2) is 9.96. The molecule has 1 aliphatic heterocycles. The molecule has 0 unspecified atom stereocenters. The summed E-state index contributed by atoms with van der Waals surface area (Å²) in [6, 6.07) is 14.7. The lowest BCUT2D eigenvalue weighted by molar-refractivity contribution is -0.153. The molecular weight excluding hydrogens is 385 g/mol. The van der Waals surface area contributed by atoms with Gasteiger partial charge in [-0.3, -0.25) is 14.4 Å². The molecule has 0 bridgehead atoms. The highest BCUT2D eigenvalue weighted by Crippen LogP contribution is 2.20. The monoisotopic (exact) mass is 409 g/mol. The summed E-state index contributed by atoms with van der Waals surface area (Å²) in [7, 11) is 0. The van der Waals surface area contributed by atoms with Crippen LogP contribution in [0.25, 0.3) is 6.08 Å². The van der Waals surface area contributed by atoms with E-state index in [1.165, 1.54) is 37.3 Å². The number of ether oxygens (including phenoxy) is 1. The van der Waals surface area contributed by atoms with Gasteiger partial charge in [-0.15, -0.1) is 0 Å². The number of hydrogen-bond donors (Lipinski definition) is 0. The molecule has 1 amide bonds. The van der Waals surface area contributed by atoms with Crippen LogP contribution in [0, 0.1) is 11.7 Å². The molecule has 0 aromatic heterocycles. The van der Waals surface area contributed by atoms with E-state index in [2.05, 4.69) is 0 Å². The molecule has 1 heterocycles. The molecular formula is C24H24FNO4. The van der Waals surface area contributed by atoms with Crippen molar-refractivity contribution in [3.63, 3.8) is 0 Å². The van der Waals surface area contributed by atoms with Gasteiger partial charge < -0.3 is 9.64 Å². The predicted octanol–water partition coefficient (Wildman–Crippen LogP) is 3.89. The van der Waals surface area contributed by atoms with Gasteiger partial charge in [0.15, 0.2) is 6.10 Å². The normalized spacial score (nSPS) is 15.7. The number of likely N-dealkylation sites (tertiary alicyclic amines) is 1. The smallest absolute Gasteiger partial charge is 0.309 e. The van der Waals surface area contributed by atoms with Crippen molar-refractivity contribution in [2.45, 2.75) is 25.9 Å². The fraction of sp³-hybridized carbons (Fsp3) is 0.292. The van der Waals surface area contributed by atoms with Crippen molar-refractivity contribution in [1.29, 1.82) is 0 Å². The van der Waals surface area contributed by atoms with Gasteiger partial charge in [-0.25, -0.2) is 4.39 Å². The van der Waals surface area contributed by atoms with Crippen LogP contribution >= 0.6 is 0 Å². The van der Waals surface area contributed by atoms with Crippen LogP contribution in [0.3, 0.4) is 0 Å². The van der Waals surface area contributed by atoms with Crippen LogP contribution < -0.4 is 0 Å². The molecule has 3 rings (SSSR count). The minimum absolute atomic E-state index is 0.0921. The van der Waals surface area contributed by atoms with Crippen molar-refractivity contribution < 1.29 is 23.5 Å². The zero-order chi connectivity index (χ0) is 21.5. The summed E-state index contributed by atoms with van der Waals surface area (Å²) < 4.78 is 18.3. The van der Waals surface area contributed by atoms with Gasteiger partial charge in [-0.05, 0) is 55.7 Å². The number of amides is 1. The van der Waals surface area contributed by atoms with Crippen molar-refractivity contribution in [3.8, 4) is 0 Å². The molecule has 2 aromatic carbocycles. The van der Waals surface area contributed by atoms with Crippen LogP contribution in [0.15, 0.2) is 60.7 Å². The SMILES string of the molecule is C[C@@H](OC(=O)C1CCN(C(=O)/C=C/c2ccccc2)CC1)C(=O)c1ccc(F)cc1. The molecule has 30 heavy (non-hydrogen) atoms. The number of halogens is 1. The second-order valence-electron chi connectivity index (χ2n) is 7.29. The first-order valence-electron chi connectivity index (χ1n) is 9.96. The summed E-state index contributed by atoms with van der Waals surface area (Å²) in [5.41, 5.74) is 1.24. The molecule has 156 valence electrons. The van der Waals surface area contributed by atoms with E-state index in [-0.39, 0.29) is 17.6 Å². The van der Waals surface area contributed by atoms with Crippen LogP contribution in [-0.4, -0.2) is 41.8 Å². The maximum Gasteiger partial charge on any atom is 0.309 e. The van der Waals surface area contributed by atoms with E-state index in [1.54, 1.807) is 11.0 Å². The highest BCUT2D eigenvalue weighted by molar-refractivity contribution is 6.00. The third-order valence-corrected chi connectivity index (χ3v) is 5.15. The van der Waals surface area contributed by atoms with Crippen LogP contribution in [-0.2, 0) is 14.3 Å². The van der Waals surface area contributed by atoms with Crippen LogP contribution in [0.2, 0.25) is 0 Å². The first kappa shape index (κ1) is 21.4. The Hall–Kier alpha value is -3.28. The van der Waals surface area contributed by atoms with Gasteiger partial charge in [0.25, 0.3) is 0 Å². The van der Waals surface area contributed by atoms with Crippen LogP contribution in [0.4, 0.5) is 4.39 Å². The van der Waals surface area contributed by atoms with Gasteiger partial charge in [0.2, 0.25) is 11.7 Å². The van der Waals surface area contributed by atoms with Gasteiger partial charge >= 0.3 is 5.97 Å². The molecule has 1 aliphatic rings. The number of benzene rings is 2. The Morgan fingerprint density at radius 2 is 1.67 bits per heavy atom. The van der Waals surface area contributed by atoms with E-state index in [1.807, 2.05) is 30.3 Å². The van der Waals surface area contributed by atoms with E-state index in [4.69, 9.17) is 4.74 Å². The Kier molecular flexibility index (Phi) is 7.12. The van der Waals surface area contributed by atoms with Crippen molar-refractivity contribution >= 4 is 23.7 Å². The fourth-order valence-corrected chi connectivity index (χ4v) is 3.35. The predicted molar refractivity (Wildman–Crippen MR) is 111 cm³/mol. The van der Waals surface area contributed by atoms with Crippen molar-refractivity contribution in [3.05, 3.63) is 77.6 Å². The lowest BCUT2D eigenvalue weighted by Gasteiger charge is -2.30. The molecule has 1 saturated heterocycles. The number of Topliss-reactive ketones (excluding diaryl/α,β-unsaturated/α-hetero) is 1. The Morgan fingerprint density at radius 3 is 2.30 bits per heavy atom. The Morgan fingerprint density at radius 1 is 1.03 bits per heavy atom. The summed E-state index contributed by atoms with van der Waals surface area (Å²) in [5.74, 6) is -1.69. The second-order valence-corrected chi connectivity index (χ2v) is 7.29. The first-order chi connectivity index (χ1) is 14.4. The van der Waals surface area contributed by atoms with Gasteiger partial charge in [0, 0.05) is 24.7 Å². The number of piperidine rings is 1. The Labute approximate surface area is 175 Å². The molecule has 0 radical (unpaired) electrons. The third kappa shape index (κ3) is 5.63. The number of nitrogens with zero attached hydrogens (tertiary/aromatic N) is 1. The van der Waals surface area contributed by atoms with E-state index >= 15 is 0 Å². The minimum atomic E-state index is -0.948. The average Bonchev–Trinajstić information content (AvgIpc) is 2.78. The first-order valence-corrected chi connectivity index (χ1v) is 9.96. The summed E-state index contributed by atoms with van der Waals surface area (Å²) in [4.78, 5) is 38.8. The standard InChI is InChI=1S/C24H24FNO4/c1-17(23(28)19-8-10-21(25)11-9-19)30-24(29)20-13-15-26(16-14-20)22(27)12-7-18-5-3-2-4-6-18/h2-12,17,20H,13-16H2,1H3/b12-7+/t17-/m1/s1. The topological polar surface area (TPSA) is 63.7 Å². The number of hydrogen-bond acceptors (Lipinski definition) is 4. The van der Waals surface area contributed by atoms with Gasteiger partial charge in [-0.1, -0.05) is 30.3 Å². The maximum absolute atomic E-state index is 13.0. The maximum atomic E-state index is 13.0. The Bertz CT molecular complexity index is 916. The van der Waals surface area contributed by atoms with E-state index in [0.29, 0.717) is 31.5 Å². The largest absolute Gasteiger partial charge is 0.454 e. The highest BCUT2D eigenvalue weighted by Gasteiger charge is 2.30. The van der Waals surface area contributed by atoms with Gasteiger partial charge in [0.1, 0.15) is 5.82 Å². The molecule has 5 nitrogen and oxygen atoms in total. The quantitative estimate of drug-likeness (QED) is 0.413. The van der Waals surface area contributed by atoms with Gasteiger partial charge in [-0.2, -0.15) is 0 Å². The number of rotatable bonds is 6. The zero-order valence-corrected chi connectivity index (χ0v) is 16.8. The van der Waals surface area contributed by atoms with Crippen molar-refractivity contribution in [2.24, 2.45) is 5.92 Å². The molecule has 6 heteroatoms. The number of esters is 1. The highest BCUT2D eigenvalue weighted by atomic mass is 19.1. The number of carbonyl (C=O) groups is 3. The summed E-state index contributed by atoms with van der Waals surface area (Å²) >= 11 is 0. The molecule has 1 fully saturated rings. The van der Waals surface area contributed by atoms with Crippen LogP contribution in [0.1, 0.15) is 35.7 Å². The third-order valence-electron chi connectivity index (χ3n) is 5.15. The summed E-state index contributed by atoms with van der Waals surface area (Å²) in [6.07, 6.45) is 3.34. The molecule has 0 aliphatic carbocycles. The molecule has 2 aromatic rings. The average molecular weight is 409 g/mol. The van der Waals surface area contributed by atoms with E-state index in [0.717, 1.165) is 5.56 Å². The molecule has 1 atom stereocenters. The van der Waals surface area contributed by atoms with Crippen molar-refractivity contribution in [1.82, 2.24) is 4.90 Å². The molecule has 0 saturated carbocycles. The van der Waals surface area contributed by atoms with Crippen molar-refractivity contribution in [2.75, 3.05) is 13.1 Å². The number of ketones is 1. The van der Waals surface area contributed by atoms with E-state index < -0.39 is 17.9 Å². The summed E-state index contributed by atoms with van der Waals surface area (Å²) in [5, 5.41) is 0.